The van der Waals surface area contributed by atoms with Gasteiger partial charge < -0.3 is 15.0 Å². The number of hydrogen-bond acceptors (Lipinski definition) is 3. The van der Waals surface area contributed by atoms with Gasteiger partial charge in [0.25, 0.3) is 0 Å². The third-order valence-electron chi connectivity index (χ3n) is 2.67. The summed E-state index contributed by atoms with van der Waals surface area (Å²) in [5.74, 6) is 1.37. The Kier molecular flexibility index (Phi) is 2.56. The Bertz CT molecular complexity index is 500. The Morgan fingerprint density at radius 1 is 1.25 bits per heavy atom. The highest BCUT2D eigenvalue weighted by molar-refractivity contribution is 5.65. The third kappa shape index (κ3) is 1.62. The molecule has 0 bridgehead atoms. The molecule has 1 aromatic carbocycles. The Labute approximate surface area is 94.7 Å². The molecule has 1 heterocycles. The minimum absolute atomic E-state index is 0.531. The fraction of sp³-hybridized carbons (Fsp3) is 0.250. The molecule has 0 spiro atoms. The number of nitrogens with zero attached hydrogens (tertiary/aromatic N) is 2. The molecule has 0 atom stereocenters. The van der Waals surface area contributed by atoms with Crippen LogP contribution in [0.2, 0.25) is 0 Å². The van der Waals surface area contributed by atoms with Gasteiger partial charge in [-0.1, -0.05) is 0 Å². The van der Waals surface area contributed by atoms with Crippen LogP contribution in [0.3, 0.4) is 0 Å². The molecule has 4 nitrogen and oxygen atoms in total. The van der Waals surface area contributed by atoms with E-state index in [1.807, 2.05) is 42.8 Å². The summed E-state index contributed by atoms with van der Waals surface area (Å²) in [6.07, 6.45) is 0. The van der Waals surface area contributed by atoms with Crippen molar-refractivity contribution in [3.8, 4) is 17.0 Å². The van der Waals surface area contributed by atoms with Crippen molar-refractivity contribution in [1.82, 2.24) is 9.55 Å². The first-order valence-electron chi connectivity index (χ1n) is 5.06. The lowest BCUT2D eigenvalue weighted by molar-refractivity contribution is 0.415. The molecule has 0 aliphatic carbocycles. The van der Waals surface area contributed by atoms with Crippen LogP contribution in [-0.4, -0.2) is 16.7 Å². The standard InChI is InChI=1S/C12H15N3O/c1-8-11(15(2)12(13)14-8)9-4-6-10(16-3)7-5-9/h4-7H,1-3H3,(H2,13,14). The second kappa shape index (κ2) is 3.89. The number of nitrogens with two attached hydrogens (primary N) is 1. The van der Waals surface area contributed by atoms with Crippen LogP contribution in [0, 0.1) is 6.92 Å². The van der Waals surface area contributed by atoms with E-state index >= 15 is 0 Å². The molecule has 0 saturated heterocycles. The molecule has 2 aromatic rings. The molecule has 0 aliphatic heterocycles. The highest BCUT2D eigenvalue weighted by atomic mass is 16.5. The number of nitrogen functional groups attached to an aromatic ring is 1. The van der Waals surface area contributed by atoms with Crippen molar-refractivity contribution >= 4 is 5.95 Å². The normalized spacial score (nSPS) is 10.4. The van der Waals surface area contributed by atoms with Gasteiger partial charge in [0.1, 0.15) is 5.75 Å². The van der Waals surface area contributed by atoms with E-state index in [2.05, 4.69) is 4.98 Å². The smallest absolute Gasteiger partial charge is 0.200 e. The lowest BCUT2D eigenvalue weighted by atomic mass is 10.1. The van der Waals surface area contributed by atoms with E-state index in [1.54, 1.807) is 7.11 Å². The van der Waals surface area contributed by atoms with Crippen molar-refractivity contribution in [2.24, 2.45) is 7.05 Å². The maximum absolute atomic E-state index is 5.76. The Hall–Kier alpha value is -1.97. The fourth-order valence-corrected chi connectivity index (χ4v) is 1.81. The zero-order valence-electron chi connectivity index (χ0n) is 9.69. The predicted octanol–water partition coefficient (Wildman–Crippen LogP) is 1.99. The third-order valence-corrected chi connectivity index (χ3v) is 2.67. The van der Waals surface area contributed by atoms with Crippen molar-refractivity contribution in [3.63, 3.8) is 0 Å². The average Bonchev–Trinajstić information content (AvgIpc) is 2.54. The number of imidazole rings is 1. The molecule has 0 fully saturated rings. The van der Waals surface area contributed by atoms with Gasteiger partial charge in [-0.3, -0.25) is 0 Å². The van der Waals surface area contributed by atoms with Crippen molar-refractivity contribution in [3.05, 3.63) is 30.0 Å². The number of ether oxygens (including phenoxy) is 1. The van der Waals surface area contributed by atoms with E-state index in [4.69, 9.17) is 10.5 Å². The van der Waals surface area contributed by atoms with Crippen LogP contribution in [0.15, 0.2) is 24.3 Å². The Morgan fingerprint density at radius 3 is 2.31 bits per heavy atom. The number of anilines is 1. The Morgan fingerprint density at radius 2 is 1.88 bits per heavy atom. The van der Waals surface area contributed by atoms with Crippen LogP contribution in [0.4, 0.5) is 5.95 Å². The predicted molar refractivity (Wildman–Crippen MR) is 64.3 cm³/mol. The van der Waals surface area contributed by atoms with Crippen LogP contribution < -0.4 is 10.5 Å². The average molecular weight is 217 g/mol. The number of benzene rings is 1. The molecular weight excluding hydrogens is 202 g/mol. The first kappa shape index (κ1) is 10.5. The molecular formula is C12H15N3O. The van der Waals surface area contributed by atoms with Gasteiger partial charge in [0.15, 0.2) is 0 Å². The largest absolute Gasteiger partial charge is 0.497 e. The van der Waals surface area contributed by atoms with Crippen LogP contribution in [0.5, 0.6) is 5.75 Å². The molecule has 16 heavy (non-hydrogen) atoms. The van der Waals surface area contributed by atoms with E-state index in [9.17, 15) is 0 Å². The summed E-state index contributed by atoms with van der Waals surface area (Å²) >= 11 is 0. The minimum atomic E-state index is 0.531. The van der Waals surface area contributed by atoms with Gasteiger partial charge in [-0.2, -0.15) is 0 Å². The quantitative estimate of drug-likeness (QED) is 0.836. The maximum Gasteiger partial charge on any atom is 0.200 e. The summed E-state index contributed by atoms with van der Waals surface area (Å²) in [5, 5.41) is 0. The monoisotopic (exact) mass is 217 g/mol. The van der Waals surface area contributed by atoms with E-state index < -0.39 is 0 Å². The van der Waals surface area contributed by atoms with Gasteiger partial charge in [0.05, 0.1) is 18.5 Å². The van der Waals surface area contributed by atoms with Crippen molar-refractivity contribution in [1.29, 1.82) is 0 Å². The number of methoxy groups -OCH3 is 1. The highest BCUT2D eigenvalue weighted by Crippen LogP contribution is 2.26. The lowest BCUT2D eigenvalue weighted by Crippen LogP contribution is -1.98. The molecule has 0 amide bonds. The number of aryl methyl sites for hydroxylation is 1. The summed E-state index contributed by atoms with van der Waals surface area (Å²) < 4.78 is 7.01. The number of rotatable bonds is 2. The van der Waals surface area contributed by atoms with Gasteiger partial charge in [0, 0.05) is 12.6 Å². The van der Waals surface area contributed by atoms with E-state index in [0.717, 1.165) is 22.7 Å². The zero-order valence-corrected chi connectivity index (χ0v) is 9.69. The summed E-state index contributed by atoms with van der Waals surface area (Å²) in [7, 11) is 3.57. The second-order valence-electron chi connectivity index (χ2n) is 3.69. The highest BCUT2D eigenvalue weighted by Gasteiger charge is 2.10. The molecule has 84 valence electrons. The first-order chi connectivity index (χ1) is 7.63. The summed E-state index contributed by atoms with van der Waals surface area (Å²) in [5.41, 5.74) is 8.83. The molecule has 0 unspecified atom stereocenters. The van der Waals surface area contributed by atoms with Gasteiger partial charge in [0.2, 0.25) is 5.95 Å². The van der Waals surface area contributed by atoms with Gasteiger partial charge in [-0.05, 0) is 31.2 Å². The van der Waals surface area contributed by atoms with E-state index in [1.165, 1.54) is 0 Å². The van der Waals surface area contributed by atoms with Gasteiger partial charge in [-0.15, -0.1) is 0 Å². The van der Waals surface area contributed by atoms with Crippen molar-refractivity contribution in [2.45, 2.75) is 6.92 Å². The maximum atomic E-state index is 5.76. The fourth-order valence-electron chi connectivity index (χ4n) is 1.81. The summed E-state index contributed by atoms with van der Waals surface area (Å²) in [6, 6.07) is 7.86. The van der Waals surface area contributed by atoms with Crippen molar-refractivity contribution < 1.29 is 4.74 Å². The number of hydrogen-bond donors (Lipinski definition) is 1. The zero-order chi connectivity index (χ0) is 11.7. The first-order valence-corrected chi connectivity index (χ1v) is 5.06. The summed E-state index contributed by atoms with van der Waals surface area (Å²) in [4.78, 5) is 4.24. The minimum Gasteiger partial charge on any atom is -0.497 e. The van der Waals surface area contributed by atoms with Crippen LogP contribution in [0.1, 0.15) is 5.69 Å². The van der Waals surface area contributed by atoms with E-state index in [-0.39, 0.29) is 0 Å². The van der Waals surface area contributed by atoms with Gasteiger partial charge in [-0.25, -0.2) is 4.98 Å². The van der Waals surface area contributed by atoms with Crippen LogP contribution >= 0.6 is 0 Å². The lowest BCUT2D eigenvalue weighted by Gasteiger charge is -2.06. The summed E-state index contributed by atoms with van der Waals surface area (Å²) in [6.45, 7) is 1.95. The van der Waals surface area contributed by atoms with Gasteiger partial charge >= 0.3 is 0 Å². The molecule has 0 aliphatic rings. The molecule has 2 N–H and O–H groups in total. The van der Waals surface area contributed by atoms with Crippen LogP contribution in [-0.2, 0) is 7.05 Å². The molecule has 4 heteroatoms. The topological polar surface area (TPSA) is 53.1 Å². The SMILES string of the molecule is COc1ccc(-c2c(C)nc(N)n2C)cc1. The molecule has 0 radical (unpaired) electrons. The van der Waals surface area contributed by atoms with E-state index in [0.29, 0.717) is 5.95 Å². The molecule has 0 saturated carbocycles. The molecule has 1 aromatic heterocycles. The van der Waals surface area contributed by atoms with Crippen molar-refractivity contribution in [2.75, 3.05) is 12.8 Å². The second-order valence-corrected chi connectivity index (χ2v) is 3.69. The Balaban J connectivity index is 2.50. The molecule has 2 rings (SSSR count). The number of aromatic nitrogens is 2. The van der Waals surface area contributed by atoms with Crippen LogP contribution in [0.25, 0.3) is 11.3 Å².